The first-order chi connectivity index (χ1) is 11.1. The van der Waals surface area contributed by atoms with Gasteiger partial charge in [0.25, 0.3) is 0 Å². The summed E-state index contributed by atoms with van der Waals surface area (Å²) in [6.07, 6.45) is 2.23. The van der Waals surface area contributed by atoms with Gasteiger partial charge < -0.3 is 15.3 Å². The number of nitrogens with one attached hydrogen (secondary N) is 1. The molecule has 0 radical (unpaired) electrons. The molecule has 3 rings (SSSR count). The first-order valence-electron chi connectivity index (χ1n) is 7.99. The molecule has 0 saturated carbocycles. The van der Waals surface area contributed by atoms with Gasteiger partial charge in [0.15, 0.2) is 0 Å². The first kappa shape index (κ1) is 16.0. The Morgan fingerprint density at radius 3 is 2.48 bits per heavy atom. The van der Waals surface area contributed by atoms with Crippen molar-refractivity contribution in [3.63, 3.8) is 0 Å². The van der Waals surface area contributed by atoms with Gasteiger partial charge in [-0.3, -0.25) is 0 Å². The summed E-state index contributed by atoms with van der Waals surface area (Å²) in [7, 11) is 0. The molecule has 5 heteroatoms. The monoisotopic (exact) mass is 330 g/mol. The third-order valence-electron chi connectivity index (χ3n) is 4.34. The van der Waals surface area contributed by atoms with Crippen molar-refractivity contribution in [2.75, 3.05) is 18.0 Å². The number of hydrogen-bond acceptors (Lipinski definition) is 4. The van der Waals surface area contributed by atoms with Crippen LogP contribution < -0.4 is 10.2 Å². The molecule has 2 N–H and O–H groups in total. The lowest BCUT2D eigenvalue weighted by atomic mass is 10.0. The van der Waals surface area contributed by atoms with E-state index in [1.165, 1.54) is 9.75 Å². The van der Waals surface area contributed by atoms with Crippen LogP contribution in [0.4, 0.5) is 5.69 Å². The van der Waals surface area contributed by atoms with Crippen LogP contribution in [0.2, 0.25) is 0 Å². The number of nitrogens with zero attached hydrogens (tertiary/aromatic N) is 1. The van der Waals surface area contributed by atoms with Gasteiger partial charge in [0, 0.05) is 41.1 Å². The van der Waals surface area contributed by atoms with E-state index in [2.05, 4.69) is 29.3 Å². The Bertz CT molecular complexity index is 658. The van der Waals surface area contributed by atoms with Crippen molar-refractivity contribution >= 4 is 23.0 Å². The van der Waals surface area contributed by atoms with Crippen molar-refractivity contribution in [2.45, 2.75) is 32.4 Å². The third kappa shape index (κ3) is 4.12. The summed E-state index contributed by atoms with van der Waals surface area (Å²) in [6, 6.07) is 12.1. The summed E-state index contributed by atoms with van der Waals surface area (Å²) >= 11 is 1.86. The van der Waals surface area contributed by atoms with Crippen LogP contribution >= 0.6 is 11.3 Å². The van der Waals surface area contributed by atoms with Crippen LogP contribution in [-0.2, 0) is 6.54 Å². The predicted octanol–water partition coefficient (Wildman–Crippen LogP) is 3.51. The minimum absolute atomic E-state index is 0.344. The number of carbonyl (C=O) groups is 1. The normalized spacial score (nSPS) is 15.8. The van der Waals surface area contributed by atoms with Gasteiger partial charge in [-0.05, 0) is 56.2 Å². The van der Waals surface area contributed by atoms with E-state index in [-0.39, 0.29) is 0 Å². The number of carboxylic acids is 1. The van der Waals surface area contributed by atoms with E-state index in [4.69, 9.17) is 5.11 Å². The Hall–Kier alpha value is -1.85. The van der Waals surface area contributed by atoms with Gasteiger partial charge in [0.05, 0.1) is 5.56 Å². The highest BCUT2D eigenvalue weighted by atomic mass is 32.1. The number of hydrogen-bond donors (Lipinski definition) is 2. The maximum absolute atomic E-state index is 10.9. The SMILES string of the molecule is Cc1ccc(CNC2CCN(c3ccc(C(=O)O)cc3)CC2)s1. The summed E-state index contributed by atoms with van der Waals surface area (Å²) in [5, 5.41) is 12.6. The second-order valence-electron chi connectivity index (χ2n) is 6.01. The molecular weight excluding hydrogens is 308 g/mol. The van der Waals surface area contributed by atoms with Crippen LogP contribution in [0.3, 0.4) is 0 Å². The van der Waals surface area contributed by atoms with Gasteiger partial charge in [-0.2, -0.15) is 0 Å². The fraction of sp³-hybridized carbons (Fsp3) is 0.389. The van der Waals surface area contributed by atoms with E-state index >= 15 is 0 Å². The quantitative estimate of drug-likeness (QED) is 0.881. The average Bonchev–Trinajstić information content (AvgIpc) is 2.99. The van der Waals surface area contributed by atoms with E-state index in [9.17, 15) is 4.79 Å². The molecule has 4 nitrogen and oxygen atoms in total. The lowest BCUT2D eigenvalue weighted by molar-refractivity contribution is 0.0697. The number of aryl methyl sites for hydroxylation is 1. The highest BCUT2D eigenvalue weighted by molar-refractivity contribution is 7.11. The van der Waals surface area contributed by atoms with Crippen molar-refractivity contribution in [2.24, 2.45) is 0 Å². The molecule has 0 bridgehead atoms. The number of benzene rings is 1. The molecule has 1 fully saturated rings. The van der Waals surface area contributed by atoms with Crippen LogP contribution in [0.15, 0.2) is 36.4 Å². The van der Waals surface area contributed by atoms with Gasteiger partial charge in [-0.15, -0.1) is 11.3 Å². The van der Waals surface area contributed by atoms with Crippen LogP contribution in [0, 0.1) is 6.92 Å². The molecule has 1 saturated heterocycles. The fourth-order valence-electron chi connectivity index (χ4n) is 2.98. The molecule has 1 aromatic heterocycles. The molecule has 1 aliphatic heterocycles. The Morgan fingerprint density at radius 2 is 1.91 bits per heavy atom. The first-order valence-corrected chi connectivity index (χ1v) is 8.80. The molecule has 0 atom stereocenters. The van der Waals surface area contributed by atoms with Crippen molar-refractivity contribution in [1.82, 2.24) is 5.32 Å². The second-order valence-corrected chi connectivity index (χ2v) is 7.38. The molecule has 122 valence electrons. The molecule has 0 unspecified atom stereocenters. The van der Waals surface area contributed by atoms with E-state index in [1.54, 1.807) is 12.1 Å². The number of thiophene rings is 1. The second kappa shape index (κ2) is 7.15. The van der Waals surface area contributed by atoms with Crippen LogP contribution in [0.5, 0.6) is 0 Å². The minimum atomic E-state index is -0.872. The Balaban J connectivity index is 1.49. The van der Waals surface area contributed by atoms with Gasteiger partial charge in [0.1, 0.15) is 0 Å². The number of rotatable bonds is 5. The Kier molecular flexibility index (Phi) is 4.98. The highest BCUT2D eigenvalue weighted by Gasteiger charge is 2.19. The van der Waals surface area contributed by atoms with E-state index in [0.29, 0.717) is 11.6 Å². The van der Waals surface area contributed by atoms with Crippen molar-refractivity contribution in [3.8, 4) is 0 Å². The highest BCUT2D eigenvalue weighted by Crippen LogP contribution is 2.21. The van der Waals surface area contributed by atoms with Crippen molar-refractivity contribution in [1.29, 1.82) is 0 Å². The Labute approximate surface area is 140 Å². The van der Waals surface area contributed by atoms with E-state index < -0.39 is 5.97 Å². The van der Waals surface area contributed by atoms with Gasteiger partial charge >= 0.3 is 5.97 Å². The number of piperidine rings is 1. The number of anilines is 1. The summed E-state index contributed by atoms with van der Waals surface area (Å²) < 4.78 is 0. The maximum Gasteiger partial charge on any atom is 0.335 e. The third-order valence-corrected chi connectivity index (χ3v) is 5.34. The molecule has 2 heterocycles. The zero-order chi connectivity index (χ0) is 16.2. The van der Waals surface area contributed by atoms with E-state index in [0.717, 1.165) is 38.2 Å². The maximum atomic E-state index is 10.9. The molecule has 1 aromatic carbocycles. The van der Waals surface area contributed by atoms with E-state index in [1.807, 2.05) is 23.5 Å². The van der Waals surface area contributed by atoms with Crippen LogP contribution in [0.25, 0.3) is 0 Å². The summed E-state index contributed by atoms with van der Waals surface area (Å²) in [5.74, 6) is -0.872. The molecule has 0 amide bonds. The zero-order valence-electron chi connectivity index (χ0n) is 13.3. The van der Waals surface area contributed by atoms with Crippen LogP contribution in [-0.4, -0.2) is 30.2 Å². The molecule has 1 aliphatic rings. The molecular formula is C18H22N2O2S. The molecule has 23 heavy (non-hydrogen) atoms. The van der Waals surface area contributed by atoms with Gasteiger partial charge in [0.2, 0.25) is 0 Å². The summed E-state index contributed by atoms with van der Waals surface area (Å²) in [6.45, 7) is 5.11. The molecule has 2 aromatic rings. The Morgan fingerprint density at radius 1 is 1.22 bits per heavy atom. The lowest BCUT2D eigenvalue weighted by Crippen LogP contribution is -2.42. The summed E-state index contributed by atoms with van der Waals surface area (Å²) in [5.41, 5.74) is 1.46. The lowest BCUT2D eigenvalue weighted by Gasteiger charge is -2.34. The van der Waals surface area contributed by atoms with Crippen molar-refractivity contribution in [3.05, 3.63) is 51.7 Å². The predicted molar refractivity (Wildman–Crippen MR) is 94.5 cm³/mol. The smallest absolute Gasteiger partial charge is 0.335 e. The standard InChI is InChI=1S/C18H22N2O2S/c1-13-2-7-17(23-13)12-19-15-8-10-20(11-9-15)16-5-3-14(4-6-16)18(21)22/h2-7,15,19H,8-12H2,1H3,(H,21,22). The fourth-order valence-corrected chi connectivity index (χ4v) is 3.82. The zero-order valence-corrected chi connectivity index (χ0v) is 14.1. The van der Waals surface area contributed by atoms with Crippen LogP contribution in [0.1, 0.15) is 33.0 Å². The largest absolute Gasteiger partial charge is 0.478 e. The van der Waals surface area contributed by atoms with Crippen molar-refractivity contribution < 1.29 is 9.90 Å². The number of carboxylic acid groups (broad SMARTS) is 1. The van der Waals surface area contributed by atoms with Gasteiger partial charge in [-0.25, -0.2) is 4.79 Å². The molecule has 0 spiro atoms. The number of aromatic carboxylic acids is 1. The average molecular weight is 330 g/mol. The summed E-state index contributed by atoms with van der Waals surface area (Å²) in [4.78, 5) is 16.0. The minimum Gasteiger partial charge on any atom is -0.478 e. The molecule has 0 aliphatic carbocycles. The topological polar surface area (TPSA) is 52.6 Å². The van der Waals surface area contributed by atoms with Gasteiger partial charge in [-0.1, -0.05) is 0 Å².